The molecule has 1 heteroatoms. The van der Waals surface area contributed by atoms with Crippen molar-refractivity contribution in [2.75, 3.05) is 0 Å². The van der Waals surface area contributed by atoms with Gasteiger partial charge in [0.25, 0.3) is 0 Å². The predicted molar refractivity (Wildman–Crippen MR) is 68.4 cm³/mol. The molecule has 0 saturated heterocycles. The van der Waals surface area contributed by atoms with E-state index in [0.717, 1.165) is 6.42 Å². The van der Waals surface area contributed by atoms with Crippen molar-refractivity contribution in [1.82, 2.24) is 0 Å². The van der Waals surface area contributed by atoms with E-state index in [2.05, 4.69) is 6.08 Å². The Balaban J connectivity index is 1.81. The summed E-state index contributed by atoms with van der Waals surface area (Å²) in [5, 5.41) is 10.3. The Labute approximate surface area is 99.9 Å². The van der Waals surface area contributed by atoms with Crippen LogP contribution in [-0.4, -0.2) is 11.2 Å². The van der Waals surface area contributed by atoms with Gasteiger partial charge >= 0.3 is 0 Å². The SMILES string of the molecule is OC(CC1=CCCCC1)C1CCCCCC1. The number of hydrogen-bond donors (Lipinski definition) is 1. The Morgan fingerprint density at radius 3 is 2.44 bits per heavy atom. The zero-order valence-corrected chi connectivity index (χ0v) is 10.5. The van der Waals surface area contributed by atoms with E-state index in [-0.39, 0.29) is 6.10 Å². The summed E-state index contributed by atoms with van der Waals surface area (Å²) < 4.78 is 0. The lowest BCUT2D eigenvalue weighted by Gasteiger charge is -2.23. The van der Waals surface area contributed by atoms with Crippen LogP contribution in [-0.2, 0) is 0 Å². The maximum absolute atomic E-state index is 10.3. The van der Waals surface area contributed by atoms with Gasteiger partial charge in [-0.3, -0.25) is 0 Å². The van der Waals surface area contributed by atoms with Crippen LogP contribution in [0.3, 0.4) is 0 Å². The van der Waals surface area contributed by atoms with Gasteiger partial charge in [0.15, 0.2) is 0 Å². The second-order valence-corrected chi connectivity index (χ2v) is 5.63. The molecule has 0 spiro atoms. The van der Waals surface area contributed by atoms with Crippen LogP contribution in [0.4, 0.5) is 0 Å². The molecule has 0 heterocycles. The largest absolute Gasteiger partial charge is 0.393 e. The smallest absolute Gasteiger partial charge is 0.0605 e. The van der Waals surface area contributed by atoms with Crippen LogP contribution < -0.4 is 0 Å². The third kappa shape index (κ3) is 3.62. The van der Waals surface area contributed by atoms with Crippen molar-refractivity contribution in [3.05, 3.63) is 11.6 Å². The summed E-state index contributed by atoms with van der Waals surface area (Å²) in [5.74, 6) is 0.588. The van der Waals surface area contributed by atoms with Crippen LogP contribution in [0.5, 0.6) is 0 Å². The molecular formula is C15H26O. The number of aliphatic hydroxyl groups is 1. The molecule has 1 atom stereocenters. The Hall–Kier alpha value is -0.300. The van der Waals surface area contributed by atoms with Gasteiger partial charge < -0.3 is 5.11 Å². The molecule has 0 aromatic rings. The van der Waals surface area contributed by atoms with Crippen LogP contribution in [0, 0.1) is 5.92 Å². The van der Waals surface area contributed by atoms with Crippen LogP contribution in [0.2, 0.25) is 0 Å². The fourth-order valence-corrected chi connectivity index (χ4v) is 3.22. The van der Waals surface area contributed by atoms with Crippen molar-refractivity contribution < 1.29 is 5.11 Å². The standard InChI is InChI=1S/C15H26O/c16-15(12-13-8-4-3-5-9-13)14-10-6-1-2-7-11-14/h8,14-16H,1-7,9-12H2. The molecule has 1 N–H and O–H groups in total. The summed E-state index contributed by atoms with van der Waals surface area (Å²) >= 11 is 0. The van der Waals surface area contributed by atoms with Gasteiger partial charge in [0, 0.05) is 0 Å². The van der Waals surface area contributed by atoms with Crippen LogP contribution in [0.25, 0.3) is 0 Å². The molecule has 0 aliphatic heterocycles. The fraction of sp³-hybridized carbons (Fsp3) is 0.867. The van der Waals surface area contributed by atoms with E-state index in [0.29, 0.717) is 5.92 Å². The highest BCUT2D eigenvalue weighted by Gasteiger charge is 2.21. The monoisotopic (exact) mass is 222 g/mol. The number of rotatable bonds is 3. The van der Waals surface area contributed by atoms with E-state index in [1.165, 1.54) is 69.8 Å². The van der Waals surface area contributed by atoms with E-state index in [9.17, 15) is 5.11 Å². The summed E-state index contributed by atoms with van der Waals surface area (Å²) in [5.41, 5.74) is 1.53. The summed E-state index contributed by atoms with van der Waals surface area (Å²) in [7, 11) is 0. The molecule has 0 bridgehead atoms. The average molecular weight is 222 g/mol. The van der Waals surface area contributed by atoms with E-state index >= 15 is 0 Å². The average Bonchev–Trinajstić information content (AvgIpc) is 2.59. The molecule has 1 nitrogen and oxygen atoms in total. The van der Waals surface area contributed by atoms with Crippen molar-refractivity contribution in [3.63, 3.8) is 0 Å². The first-order valence-electron chi connectivity index (χ1n) is 7.22. The van der Waals surface area contributed by atoms with Gasteiger partial charge in [-0.2, -0.15) is 0 Å². The summed E-state index contributed by atoms with van der Waals surface area (Å²) in [6.45, 7) is 0. The lowest BCUT2D eigenvalue weighted by molar-refractivity contribution is 0.0974. The van der Waals surface area contributed by atoms with Gasteiger partial charge in [-0.1, -0.05) is 37.3 Å². The minimum atomic E-state index is -0.0533. The van der Waals surface area contributed by atoms with Gasteiger partial charge in [-0.25, -0.2) is 0 Å². The first-order chi connectivity index (χ1) is 7.86. The van der Waals surface area contributed by atoms with Crippen LogP contribution >= 0.6 is 0 Å². The molecule has 1 unspecified atom stereocenters. The third-order valence-corrected chi connectivity index (χ3v) is 4.30. The first-order valence-corrected chi connectivity index (χ1v) is 7.22. The molecule has 1 fully saturated rings. The Morgan fingerprint density at radius 1 is 1.06 bits per heavy atom. The molecule has 2 rings (SSSR count). The molecule has 16 heavy (non-hydrogen) atoms. The predicted octanol–water partition coefficient (Wildman–Crippen LogP) is 4.21. The number of hydrogen-bond acceptors (Lipinski definition) is 1. The lowest BCUT2D eigenvalue weighted by atomic mass is 9.87. The Kier molecular flexibility index (Phi) is 4.90. The van der Waals surface area contributed by atoms with Crippen LogP contribution in [0.1, 0.15) is 70.6 Å². The van der Waals surface area contributed by atoms with Gasteiger partial charge in [-0.05, 0) is 50.9 Å². The second kappa shape index (κ2) is 6.44. The van der Waals surface area contributed by atoms with E-state index in [1.54, 1.807) is 0 Å². The van der Waals surface area contributed by atoms with Gasteiger partial charge in [-0.15, -0.1) is 0 Å². The van der Waals surface area contributed by atoms with Crippen molar-refractivity contribution in [2.24, 2.45) is 5.92 Å². The summed E-state index contributed by atoms with van der Waals surface area (Å²) in [4.78, 5) is 0. The molecule has 0 amide bonds. The van der Waals surface area contributed by atoms with Gasteiger partial charge in [0.05, 0.1) is 6.10 Å². The molecule has 2 aliphatic carbocycles. The minimum absolute atomic E-state index is 0.0533. The lowest BCUT2D eigenvalue weighted by Crippen LogP contribution is -2.21. The molecule has 2 aliphatic rings. The second-order valence-electron chi connectivity index (χ2n) is 5.63. The molecule has 0 aromatic heterocycles. The summed E-state index contributed by atoms with van der Waals surface area (Å²) in [6, 6.07) is 0. The van der Waals surface area contributed by atoms with Gasteiger partial charge in [0.2, 0.25) is 0 Å². The van der Waals surface area contributed by atoms with Crippen LogP contribution in [0.15, 0.2) is 11.6 Å². The van der Waals surface area contributed by atoms with Gasteiger partial charge in [0.1, 0.15) is 0 Å². The Morgan fingerprint density at radius 2 is 1.81 bits per heavy atom. The molecular weight excluding hydrogens is 196 g/mol. The Bertz CT molecular complexity index is 224. The zero-order chi connectivity index (χ0) is 11.2. The topological polar surface area (TPSA) is 20.2 Å². The van der Waals surface area contributed by atoms with Crippen molar-refractivity contribution in [1.29, 1.82) is 0 Å². The van der Waals surface area contributed by atoms with Crippen molar-refractivity contribution in [3.8, 4) is 0 Å². The summed E-state index contributed by atoms with van der Waals surface area (Å²) in [6.07, 6.45) is 16.4. The number of aliphatic hydroxyl groups excluding tert-OH is 1. The zero-order valence-electron chi connectivity index (χ0n) is 10.5. The van der Waals surface area contributed by atoms with E-state index < -0.39 is 0 Å². The first kappa shape index (κ1) is 12.2. The van der Waals surface area contributed by atoms with E-state index in [4.69, 9.17) is 0 Å². The molecule has 1 saturated carbocycles. The van der Waals surface area contributed by atoms with Crippen molar-refractivity contribution in [2.45, 2.75) is 76.7 Å². The highest BCUT2D eigenvalue weighted by atomic mass is 16.3. The normalized spacial score (nSPS) is 25.9. The molecule has 92 valence electrons. The fourth-order valence-electron chi connectivity index (χ4n) is 3.22. The van der Waals surface area contributed by atoms with E-state index in [1.807, 2.05) is 0 Å². The maximum Gasteiger partial charge on any atom is 0.0605 e. The highest BCUT2D eigenvalue weighted by molar-refractivity contribution is 5.06. The maximum atomic E-state index is 10.3. The number of allylic oxidation sites excluding steroid dienone is 1. The molecule has 0 aromatic carbocycles. The molecule has 0 radical (unpaired) electrons. The third-order valence-electron chi connectivity index (χ3n) is 4.30. The minimum Gasteiger partial charge on any atom is -0.393 e. The van der Waals surface area contributed by atoms with Crippen molar-refractivity contribution >= 4 is 0 Å². The quantitative estimate of drug-likeness (QED) is 0.560. The highest BCUT2D eigenvalue weighted by Crippen LogP contribution is 2.30.